The number of carbonyl (C=O) groups is 1. The molecule has 0 amide bonds. The number of pyridine rings is 1. The number of aromatic nitrogens is 4. The molecule has 0 aliphatic rings. The number of benzene rings is 2. The summed E-state index contributed by atoms with van der Waals surface area (Å²) in [5.41, 5.74) is 4.27. The molecular formula is C26H20N4O3. The minimum Gasteiger partial charge on any atom is -0.455 e. The number of aryl methyl sites for hydroxylation is 1. The average molecular weight is 436 g/mol. The van der Waals surface area contributed by atoms with Crippen molar-refractivity contribution in [2.24, 2.45) is 0 Å². The van der Waals surface area contributed by atoms with E-state index in [-0.39, 0.29) is 12.2 Å². The third kappa shape index (κ3) is 4.16. The van der Waals surface area contributed by atoms with Gasteiger partial charge in [0.1, 0.15) is 23.5 Å². The lowest BCUT2D eigenvalue weighted by atomic mass is 10.1. The van der Waals surface area contributed by atoms with Crippen molar-refractivity contribution in [2.45, 2.75) is 13.5 Å². The molecule has 0 atom stereocenters. The highest BCUT2D eigenvalue weighted by atomic mass is 16.5. The number of hydrogen-bond acceptors (Lipinski definition) is 5. The summed E-state index contributed by atoms with van der Waals surface area (Å²) in [6, 6.07) is 24.0. The first-order chi connectivity index (χ1) is 16.1. The van der Waals surface area contributed by atoms with Crippen molar-refractivity contribution in [3.63, 3.8) is 0 Å². The maximum Gasteiger partial charge on any atom is 0.342 e. The first kappa shape index (κ1) is 20.4. The van der Waals surface area contributed by atoms with E-state index in [0.717, 1.165) is 16.8 Å². The van der Waals surface area contributed by atoms with Crippen LogP contribution in [-0.2, 0) is 11.3 Å². The molecule has 2 aromatic carbocycles. The Morgan fingerprint density at radius 1 is 0.970 bits per heavy atom. The van der Waals surface area contributed by atoms with Gasteiger partial charge in [0.25, 0.3) is 5.56 Å². The van der Waals surface area contributed by atoms with Gasteiger partial charge in [-0.2, -0.15) is 5.10 Å². The van der Waals surface area contributed by atoms with Gasteiger partial charge < -0.3 is 4.74 Å². The van der Waals surface area contributed by atoms with E-state index in [4.69, 9.17) is 4.74 Å². The average Bonchev–Trinajstić information content (AvgIpc) is 3.29. The summed E-state index contributed by atoms with van der Waals surface area (Å²) in [5.74, 6) is -0.540. The molecule has 5 aromatic rings. The molecule has 0 aliphatic carbocycles. The Kier molecular flexibility index (Phi) is 5.28. The van der Waals surface area contributed by atoms with Gasteiger partial charge in [0.15, 0.2) is 0 Å². The van der Waals surface area contributed by atoms with Gasteiger partial charge in [0.2, 0.25) is 0 Å². The molecule has 0 spiro atoms. The number of fused-ring (bicyclic) bond motifs is 1. The van der Waals surface area contributed by atoms with Gasteiger partial charge in [-0.25, -0.2) is 14.5 Å². The Morgan fingerprint density at radius 2 is 1.73 bits per heavy atom. The fourth-order valence-corrected chi connectivity index (χ4v) is 3.56. The van der Waals surface area contributed by atoms with Crippen LogP contribution < -0.4 is 5.56 Å². The first-order valence-corrected chi connectivity index (χ1v) is 10.4. The normalized spacial score (nSPS) is 10.9. The van der Waals surface area contributed by atoms with E-state index >= 15 is 0 Å². The molecule has 0 fully saturated rings. The SMILES string of the molecule is Cc1ccc(-n2cc(C(=O)OCc3cc(=O)n4ccccc4n3)c(-c3ccccc3)n2)cc1. The van der Waals surface area contributed by atoms with E-state index in [9.17, 15) is 9.59 Å². The minimum atomic E-state index is -0.540. The predicted molar refractivity (Wildman–Crippen MR) is 124 cm³/mol. The molecule has 3 heterocycles. The number of carbonyl (C=O) groups excluding carboxylic acids is 1. The van der Waals surface area contributed by atoms with Crippen molar-refractivity contribution in [3.05, 3.63) is 118 Å². The van der Waals surface area contributed by atoms with Crippen LogP contribution in [0.4, 0.5) is 0 Å². The van der Waals surface area contributed by atoms with Crippen LogP contribution in [-0.4, -0.2) is 25.1 Å². The van der Waals surface area contributed by atoms with E-state index in [0.29, 0.717) is 22.6 Å². The van der Waals surface area contributed by atoms with E-state index in [2.05, 4.69) is 10.1 Å². The van der Waals surface area contributed by atoms with E-state index in [1.54, 1.807) is 35.3 Å². The second-order valence-corrected chi connectivity index (χ2v) is 7.63. The summed E-state index contributed by atoms with van der Waals surface area (Å²) in [6.07, 6.45) is 3.31. The molecule has 7 heteroatoms. The smallest absolute Gasteiger partial charge is 0.342 e. The minimum absolute atomic E-state index is 0.122. The van der Waals surface area contributed by atoms with Gasteiger partial charge >= 0.3 is 5.97 Å². The van der Waals surface area contributed by atoms with Crippen LogP contribution in [0.5, 0.6) is 0 Å². The lowest BCUT2D eigenvalue weighted by Gasteiger charge is -2.06. The summed E-state index contributed by atoms with van der Waals surface area (Å²) in [4.78, 5) is 29.8. The first-order valence-electron chi connectivity index (χ1n) is 10.4. The summed E-state index contributed by atoms with van der Waals surface area (Å²) < 4.78 is 8.65. The molecular weight excluding hydrogens is 416 g/mol. The molecule has 33 heavy (non-hydrogen) atoms. The van der Waals surface area contributed by atoms with Crippen LogP contribution in [0, 0.1) is 6.92 Å². The zero-order valence-corrected chi connectivity index (χ0v) is 17.9. The highest BCUT2D eigenvalue weighted by Crippen LogP contribution is 2.24. The third-order valence-corrected chi connectivity index (χ3v) is 5.26. The summed E-state index contributed by atoms with van der Waals surface area (Å²) in [7, 11) is 0. The molecule has 0 bridgehead atoms. The number of esters is 1. The number of ether oxygens (including phenoxy) is 1. The van der Waals surface area contributed by atoms with Crippen LogP contribution in [0.3, 0.4) is 0 Å². The number of nitrogens with zero attached hydrogens (tertiary/aromatic N) is 4. The predicted octanol–water partition coefficient (Wildman–Crippen LogP) is 4.21. The van der Waals surface area contributed by atoms with E-state index < -0.39 is 5.97 Å². The molecule has 3 aromatic heterocycles. The zero-order chi connectivity index (χ0) is 22.8. The number of rotatable bonds is 5. The second-order valence-electron chi connectivity index (χ2n) is 7.63. The highest BCUT2D eigenvalue weighted by Gasteiger charge is 2.20. The molecule has 7 nitrogen and oxygen atoms in total. The molecule has 162 valence electrons. The fourth-order valence-electron chi connectivity index (χ4n) is 3.56. The van der Waals surface area contributed by atoms with Crippen molar-refractivity contribution in [2.75, 3.05) is 0 Å². The summed E-state index contributed by atoms with van der Waals surface area (Å²) in [5, 5.41) is 4.66. The quantitative estimate of drug-likeness (QED) is 0.386. The van der Waals surface area contributed by atoms with E-state index in [1.807, 2.05) is 61.5 Å². The molecule has 0 saturated heterocycles. The van der Waals surface area contributed by atoms with Gasteiger partial charge in [0, 0.05) is 24.0 Å². The van der Waals surface area contributed by atoms with Crippen LogP contribution >= 0.6 is 0 Å². The Bertz CT molecular complexity index is 1500. The largest absolute Gasteiger partial charge is 0.455 e. The molecule has 0 saturated carbocycles. The second kappa shape index (κ2) is 8.55. The molecule has 0 unspecified atom stereocenters. The van der Waals surface area contributed by atoms with Crippen molar-refractivity contribution >= 4 is 11.6 Å². The van der Waals surface area contributed by atoms with Crippen LogP contribution in [0.1, 0.15) is 21.6 Å². The van der Waals surface area contributed by atoms with Crippen molar-refractivity contribution in [3.8, 4) is 16.9 Å². The standard InChI is InChI=1S/C26H20N4O3/c1-18-10-12-21(13-11-18)30-16-22(25(28-30)19-7-3-2-4-8-19)26(32)33-17-20-15-24(31)29-14-6-5-9-23(29)27-20/h2-16H,17H2,1H3. The van der Waals surface area contributed by atoms with E-state index in [1.165, 1.54) is 10.5 Å². The Balaban J connectivity index is 1.46. The molecule has 5 rings (SSSR count). The van der Waals surface area contributed by atoms with Crippen molar-refractivity contribution in [1.29, 1.82) is 0 Å². The molecule has 0 aliphatic heterocycles. The topological polar surface area (TPSA) is 78.5 Å². The van der Waals surface area contributed by atoms with Gasteiger partial charge in [-0.05, 0) is 31.2 Å². The maximum atomic E-state index is 13.1. The van der Waals surface area contributed by atoms with Crippen LogP contribution in [0.15, 0.2) is 96.1 Å². The van der Waals surface area contributed by atoms with Gasteiger partial charge in [-0.3, -0.25) is 9.20 Å². The molecule has 0 radical (unpaired) electrons. The Morgan fingerprint density at radius 3 is 2.52 bits per heavy atom. The van der Waals surface area contributed by atoms with Crippen molar-refractivity contribution in [1.82, 2.24) is 19.2 Å². The van der Waals surface area contributed by atoms with Gasteiger partial charge in [-0.1, -0.05) is 54.1 Å². The summed E-state index contributed by atoms with van der Waals surface area (Å²) in [6.45, 7) is 1.89. The lowest BCUT2D eigenvalue weighted by molar-refractivity contribution is 0.0468. The van der Waals surface area contributed by atoms with Gasteiger partial charge in [-0.15, -0.1) is 0 Å². The third-order valence-electron chi connectivity index (χ3n) is 5.26. The fraction of sp³-hybridized carbons (Fsp3) is 0.0769. The zero-order valence-electron chi connectivity index (χ0n) is 17.9. The van der Waals surface area contributed by atoms with Crippen LogP contribution in [0.2, 0.25) is 0 Å². The Hall–Kier alpha value is -4.52. The lowest BCUT2D eigenvalue weighted by Crippen LogP contribution is -2.16. The molecule has 0 N–H and O–H groups in total. The highest BCUT2D eigenvalue weighted by molar-refractivity contribution is 5.96. The van der Waals surface area contributed by atoms with Gasteiger partial charge in [0.05, 0.1) is 11.4 Å². The monoisotopic (exact) mass is 436 g/mol. The number of hydrogen-bond donors (Lipinski definition) is 0. The summed E-state index contributed by atoms with van der Waals surface area (Å²) >= 11 is 0. The van der Waals surface area contributed by atoms with Crippen molar-refractivity contribution < 1.29 is 9.53 Å². The maximum absolute atomic E-state index is 13.1. The Labute approximate surface area is 189 Å². The van der Waals surface area contributed by atoms with Crippen LogP contribution in [0.25, 0.3) is 22.6 Å².